The van der Waals surface area contributed by atoms with E-state index >= 15 is 0 Å². The number of thiazole rings is 1. The molecular formula is C12H17ClN2O2S2. The lowest BCUT2D eigenvalue weighted by molar-refractivity contribution is 0.280. The van der Waals surface area contributed by atoms with Gasteiger partial charge in [0.25, 0.3) is 10.0 Å². The van der Waals surface area contributed by atoms with Crippen LogP contribution in [0, 0.1) is 17.8 Å². The first-order chi connectivity index (χ1) is 8.95. The molecule has 1 N–H and O–H groups in total. The van der Waals surface area contributed by atoms with E-state index in [9.17, 15) is 8.42 Å². The summed E-state index contributed by atoms with van der Waals surface area (Å²) in [6.45, 7) is 1.98. The molecule has 0 spiro atoms. The molecule has 106 valence electrons. The zero-order valence-corrected chi connectivity index (χ0v) is 13.1. The highest BCUT2D eigenvalue weighted by atomic mass is 35.5. The SMILES string of the molecule is CC(NS(=O)(=O)c1cnc(Cl)s1)C1CC2CCC1C2. The fourth-order valence-electron chi connectivity index (χ4n) is 3.66. The van der Waals surface area contributed by atoms with Gasteiger partial charge in [0.05, 0.1) is 6.20 Å². The number of hydrogen-bond donors (Lipinski definition) is 1. The normalized spacial score (nSPS) is 31.8. The summed E-state index contributed by atoms with van der Waals surface area (Å²) in [4.78, 5) is 3.79. The van der Waals surface area contributed by atoms with Gasteiger partial charge in [-0.25, -0.2) is 18.1 Å². The Labute approximate surface area is 122 Å². The van der Waals surface area contributed by atoms with Gasteiger partial charge in [0.2, 0.25) is 0 Å². The molecule has 19 heavy (non-hydrogen) atoms. The molecule has 0 amide bonds. The van der Waals surface area contributed by atoms with Crippen molar-refractivity contribution in [2.24, 2.45) is 17.8 Å². The highest BCUT2D eigenvalue weighted by Crippen LogP contribution is 2.49. The number of rotatable bonds is 4. The van der Waals surface area contributed by atoms with Crippen molar-refractivity contribution in [3.8, 4) is 0 Å². The molecule has 3 rings (SSSR count). The second kappa shape index (κ2) is 4.98. The Kier molecular flexibility index (Phi) is 3.62. The van der Waals surface area contributed by atoms with Crippen LogP contribution in [0.25, 0.3) is 0 Å². The number of fused-ring (bicyclic) bond motifs is 2. The molecule has 4 unspecified atom stereocenters. The van der Waals surface area contributed by atoms with Crippen LogP contribution >= 0.6 is 22.9 Å². The second-order valence-corrected chi connectivity index (χ2v) is 9.23. The zero-order valence-electron chi connectivity index (χ0n) is 10.7. The molecule has 2 bridgehead atoms. The first-order valence-electron chi connectivity index (χ1n) is 6.59. The lowest BCUT2D eigenvalue weighted by atomic mass is 9.84. The maximum atomic E-state index is 12.2. The minimum absolute atomic E-state index is 0.0128. The van der Waals surface area contributed by atoms with E-state index in [1.807, 2.05) is 6.92 Å². The third-order valence-electron chi connectivity index (χ3n) is 4.50. The predicted molar refractivity (Wildman–Crippen MR) is 75.8 cm³/mol. The molecule has 1 heterocycles. The largest absolute Gasteiger partial charge is 0.251 e. The van der Waals surface area contributed by atoms with E-state index in [1.54, 1.807) is 0 Å². The predicted octanol–water partition coefficient (Wildman–Crippen LogP) is 2.90. The Balaban J connectivity index is 1.71. The van der Waals surface area contributed by atoms with Crippen molar-refractivity contribution in [3.63, 3.8) is 0 Å². The minimum atomic E-state index is -3.47. The molecule has 1 aromatic heterocycles. The molecular weight excluding hydrogens is 304 g/mol. The van der Waals surface area contributed by atoms with Crippen LogP contribution in [0.4, 0.5) is 0 Å². The van der Waals surface area contributed by atoms with Crippen molar-refractivity contribution >= 4 is 33.0 Å². The summed E-state index contributed by atoms with van der Waals surface area (Å²) in [6, 6.07) is -0.0128. The van der Waals surface area contributed by atoms with Crippen LogP contribution in [0.2, 0.25) is 4.47 Å². The Morgan fingerprint density at radius 1 is 1.47 bits per heavy atom. The van der Waals surface area contributed by atoms with Crippen molar-refractivity contribution in [1.82, 2.24) is 9.71 Å². The molecule has 2 fully saturated rings. The third-order valence-corrected chi connectivity index (χ3v) is 7.63. The van der Waals surface area contributed by atoms with E-state index in [0.29, 0.717) is 11.8 Å². The van der Waals surface area contributed by atoms with Gasteiger partial charge in [-0.15, -0.1) is 0 Å². The lowest BCUT2D eigenvalue weighted by Crippen LogP contribution is -2.39. The molecule has 0 saturated heterocycles. The van der Waals surface area contributed by atoms with Gasteiger partial charge in [0.15, 0.2) is 8.68 Å². The molecule has 2 saturated carbocycles. The van der Waals surface area contributed by atoms with Gasteiger partial charge in [0, 0.05) is 6.04 Å². The molecule has 1 aromatic rings. The van der Waals surface area contributed by atoms with Gasteiger partial charge in [-0.2, -0.15) is 0 Å². The average Bonchev–Trinajstić information content (AvgIpc) is 3.02. The Bertz CT molecular complexity index is 572. The van der Waals surface area contributed by atoms with E-state index < -0.39 is 10.0 Å². The van der Waals surface area contributed by atoms with Gasteiger partial charge in [-0.3, -0.25) is 0 Å². The van der Waals surface area contributed by atoms with Gasteiger partial charge in [-0.1, -0.05) is 29.4 Å². The van der Waals surface area contributed by atoms with Crippen LogP contribution in [0.3, 0.4) is 0 Å². The topological polar surface area (TPSA) is 59.1 Å². The molecule has 0 aromatic carbocycles. The summed E-state index contributed by atoms with van der Waals surface area (Å²) in [6.07, 6.45) is 6.35. The third kappa shape index (κ3) is 2.68. The molecule has 0 aliphatic heterocycles. The lowest BCUT2D eigenvalue weighted by Gasteiger charge is -2.28. The second-order valence-electron chi connectivity index (χ2n) is 5.68. The van der Waals surface area contributed by atoms with Crippen molar-refractivity contribution < 1.29 is 8.42 Å². The smallest absolute Gasteiger partial charge is 0.232 e. The summed E-state index contributed by atoms with van der Waals surface area (Å²) in [5, 5.41) is 0. The van der Waals surface area contributed by atoms with Crippen LogP contribution in [-0.2, 0) is 10.0 Å². The molecule has 7 heteroatoms. The number of halogens is 1. The van der Waals surface area contributed by atoms with Crippen LogP contribution in [0.15, 0.2) is 10.4 Å². The van der Waals surface area contributed by atoms with Crippen molar-refractivity contribution in [2.75, 3.05) is 0 Å². The number of nitrogens with zero attached hydrogens (tertiary/aromatic N) is 1. The molecule has 2 aliphatic carbocycles. The average molecular weight is 321 g/mol. The zero-order chi connectivity index (χ0) is 13.6. The molecule has 4 nitrogen and oxygen atoms in total. The van der Waals surface area contributed by atoms with E-state index in [4.69, 9.17) is 11.6 Å². The Hall–Kier alpha value is -0.170. The van der Waals surface area contributed by atoms with Crippen LogP contribution in [0.1, 0.15) is 32.6 Å². The van der Waals surface area contributed by atoms with E-state index in [1.165, 1.54) is 25.5 Å². The van der Waals surface area contributed by atoms with Crippen molar-refractivity contribution in [3.05, 3.63) is 10.7 Å². The summed E-state index contributed by atoms with van der Waals surface area (Å²) < 4.78 is 27.7. The summed E-state index contributed by atoms with van der Waals surface area (Å²) >= 11 is 6.70. The summed E-state index contributed by atoms with van der Waals surface area (Å²) in [7, 11) is -3.47. The Morgan fingerprint density at radius 2 is 2.26 bits per heavy atom. The first-order valence-corrected chi connectivity index (χ1v) is 9.27. The van der Waals surface area contributed by atoms with Gasteiger partial charge >= 0.3 is 0 Å². The first kappa shape index (κ1) is 13.8. The number of aromatic nitrogens is 1. The van der Waals surface area contributed by atoms with Crippen molar-refractivity contribution in [1.29, 1.82) is 0 Å². The fourth-order valence-corrected chi connectivity index (χ4v) is 6.26. The van der Waals surface area contributed by atoms with Crippen LogP contribution < -0.4 is 4.72 Å². The quantitative estimate of drug-likeness (QED) is 0.928. The van der Waals surface area contributed by atoms with Gasteiger partial charge < -0.3 is 0 Å². The molecule has 0 radical (unpaired) electrons. The van der Waals surface area contributed by atoms with E-state index in [-0.39, 0.29) is 14.7 Å². The highest BCUT2D eigenvalue weighted by Gasteiger charge is 2.42. The maximum absolute atomic E-state index is 12.2. The monoisotopic (exact) mass is 320 g/mol. The molecule has 2 aliphatic rings. The van der Waals surface area contributed by atoms with E-state index in [2.05, 4.69) is 9.71 Å². The summed E-state index contributed by atoms with van der Waals surface area (Å²) in [5.41, 5.74) is 0. The number of sulfonamides is 1. The summed E-state index contributed by atoms with van der Waals surface area (Å²) in [5.74, 6) is 2.00. The Morgan fingerprint density at radius 3 is 2.79 bits per heavy atom. The molecule has 4 atom stereocenters. The van der Waals surface area contributed by atoms with Gasteiger partial charge in [-0.05, 0) is 43.9 Å². The number of nitrogens with one attached hydrogen (secondary N) is 1. The number of hydrogen-bond acceptors (Lipinski definition) is 4. The minimum Gasteiger partial charge on any atom is -0.232 e. The fraction of sp³-hybridized carbons (Fsp3) is 0.750. The maximum Gasteiger partial charge on any atom is 0.251 e. The van der Waals surface area contributed by atoms with Gasteiger partial charge in [0.1, 0.15) is 0 Å². The highest BCUT2D eigenvalue weighted by molar-refractivity contribution is 7.91. The van der Waals surface area contributed by atoms with Crippen molar-refractivity contribution in [2.45, 2.75) is 42.9 Å². The van der Waals surface area contributed by atoms with E-state index in [0.717, 1.165) is 23.7 Å². The standard InChI is InChI=1S/C12H17ClN2O2S2/c1-7(10-5-8-2-3-9(10)4-8)15-19(16,17)11-6-14-12(13)18-11/h6-10,15H,2-5H2,1H3. The van der Waals surface area contributed by atoms with Crippen LogP contribution in [-0.4, -0.2) is 19.4 Å². The van der Waals surface area contributed by atoms with Crippen LogP contribution in [0.5, 0.6) is 0 Å².